The lowest BCUT2D eigenvalue weighted by atomic mass is 9.90. The molecule has 1 aromatic heterocycles. The van der Waals surface area contributed by atoms with Gasteiger partial charge in [-0.3, -0.25) is 0 Å². The molecule has 1 fully saturated rings. The van der Waals surface area contributed by atoms with Crippen LogP contribution in [0.1, 0.15) is 30.0 Å². The Morgan fingerprint density at radius 3 is 2.52 bits per heavy atom. The molecular weight excluding hydrogens is 437 g/mol. The van der Waals surface area contributed by atoms with Gasteiger partial charge in [0.2, 0.25) is 0 Å². The Balaban J connectivity index is 1.32. The Kier molecular flexibility index (Phi) is 7.04. The van der Waals surface area contributed by atoms with Crippen molar-refractivity contribution >= 4 is 29.3 Å². The van der Waals surface area contributed by atoms with E-state index >= 15 is 0 Å². The number of likely N-dealkylation sites (tertiary alicyclic amines) is 1. The largest absolute Gasteiger partial charge is 0.447 e. The van der Waals surface area contributed by atoms with Crippen LogP contribution in [0.15, 0.2) is 54.9 Å². The Labute approximate surface area is 190 Å². The smallest absolute Gasteiger partial charge is 0.409 e. The highest BCUT2D eigenvalue weighted by Crippen LogP contribution is 2.26. The topological polar surface area (TPSA) is 73.1 Å². The van der Waals surface area contributed by atoms with Gasteiger partial charge in [-0.2, -0.15) is 4.80 Å². The molecule has 0 aliphatic carbocycles. The summed E-state index contributed by atoms with van der Waals surface area (Å²) >= 11 is 12.3. The summed E-state index contributed by atoms with van der Waals surface area (Å²) in [6.45, 7) is 1.43. The number of amides is 1. The molecule has 0 radical (unpaired) electrons. The van der Waals surface area contributed by atoms with Crippen molar-refractivity contribution in [3.8, 4) is 0 Å². The first-order valence-corrected chi connectivity index (χ1v) is 11.0. The number of aromatic nitrogens is 4. The van der Waals surface area contributed by atoms with E-state index in [9.17, 15) is 4.79 Å². The first kappa shape index (κ1) is 21.6. The second-order valence-corrected chi connectivity index (χ2v) is 8.48. The molecule has 1 unspecified atom stereocenters. The molecule has 0 spiro atoms. The molecule has 7 nitrogen and oxygen atoms in total. The maximum atomic E-state index is 12.7. The van der Waals surface area contributed by atoms with Gasteiger partial charge in [-0.05, 0) is 54.2 Å². The first-order chi connectivity index (χ1) is 15.1. The zero-order chi connectivity index (χ0) is 21.6. The Morgan fingerprint density at radius 2 is 1.84 bits per heavy atom. The van der Waals surface area contributed by atoms with Gasteiger partial charge in [0.05, 0.1) is 0 Å². The number of hydrogen-bond acceptors (Lipinski definition) is 5. The van der Waals surface area contributed by atoms with Crippen LogP contribution >= 0.6 is 23.2 Å². The number of tetrazole rings is 1. The fourth-order valence-electron chi connectivity index (χ4n) is 3.86. The molecule has 1 amide bonds. The Morgan fingerprint density at radius 1 is 1.10 bits per heavy atom. The lowest BCUT2D eigenvalue weighted by Crippen LogP contribution is -2.40. The summed E-state index contributed by atoms with van der Waals surface area (Å²) in [5, 5.41) is 13.1. The van der Waals surface area contributed by atoms with Crippen molar-refractivity contribution in [1.29, 1.82) is 0 Å². The molecule has 4 rings (SSSR count). The predicted octanol–water partition coefficient (Wildman–Crippen LogP) is 4.66. The van der Waals surface area contributed by atoms with E-state index in [0.29, 0.717) is 24.0 Å². The molecule has 1 aliphatic heterocycles. The predicted molar refractivity (Wildman–Crippen MR) is 118 cm³/mol. The van der Waals surface area contributed by atoms with Gasteiger partial charge >= 0.3 is 6.09 Å². The third-order valence-corrected chi connectivity index (χ3v) is 6.18. The summed E-state index contributed by atoms with van der Waals surface area (Å²) in [4.78, 5) is 15.9. The normalized spacial score (nSPS) is 15.6. The molecule has 0 saturated carbocycles. The van der Waals surface area contributed by atoms with E-state index in [1.807, 2.05) is 30.3 Å². The van der Waals surface area contributed by atoms with Crippen molar-refractivity contribution in [2.24, 2.45) is 5.92 Å². The minimum atomic E-state index is -0.442. The van der Waals surface area contributed by atoms with Crippen LogP contribution in [0.4, 0.5) is 4.79 Å². The second kappa shape index (κ2) is 10.1. The van der Waals surface area contributed by atoms with Crippen LogP contribution in [0, 0.1) is 5.92 Å². The third-order valence-electron chi connectivity index (χ3n) is 5.58. The summed E-state index contributed by atoms with van der Waals surface area (Å²) in [6, 6.07) is 14.9. The van der Waals surface area contributed by atoms with E-state index < -0.39 is 6.04 Å². The maximum absolute atomic E-state index is 12.7. The maximum Gasteiger partial charge on any atom is 0.409 e. The molecule has 1 saturated heterocycles. The summed E-state index contributed by atoms with van der Waals surface area (Å²) in [7, 11) is 0. The highest BCUT2D eigenvalue weighted by molar-refractivity contribution is 6.31. The van der Waals surface area contributed by atoms with Gasteiger partial charge in [-0.15, -0.1) is 10.2 Å². The average molecular weight is 460 g/mol. The SMILES string of the molecule is O=C(OCC(c1ccccc1Cl)n1ncnn1)N1CCC(Cc2ccc(Cl)cc2)CC1. The van der Waals surface area contributed by atoms with Crippen LogP contribution in [0.2, 0.25) is 10.0 Å². The molecule has 0 bridgehead atoms. The van der Waals surface area contributed by atoms with Crippen molar-refractivity contribution in [2.45, 2.75) is 25.3 Å². The number of halogens is 2. The van der Waals surface area contributed by atoms with Crippen LogP contribution in [0.25, 0.3) is 0 Å². The summed E-state index contributed by atoms with van der Waals surface area (Å²) in [5.41, 5.74) is 2.05. The van der Waals surface area contributed by atoms with Gasteiger partial charge < -0.3 is 9.64 Å². The summed E-state index contributed by atoms with van der Waals surface area (Å²) in [5.74, 6) is 0.542. The lowest BCUT2D eigenvalue weighted by Gasteiger charge is -2.31. The Bertz CT molecular complexity index is 989. The molecular formula is C22H23Cl2N5O2. The summed E-state index contributed by atoms with van der Waals surface area (Å²) in [6.07, 6.45) is 3.89. The number of benzene rings is 2. The number of carbonyl (C=O) groups is 1. The molecule has 9 heteroatoms. The third kappa shape index (κ3) is 5.54. The molecule has 2 aromatic carbocycles. The van der Waals surface area contributed by atoms with Crippen LogP contribution in [0.3, 0.4) is 0 Å². The number of hydrogen-bond donors (Lipinski definition) is 0. The average Bonchev–Trinajstić information content (AvgIpc) is 3.32. The second-order valence-electron chi connectivity index (χ2n) is 7.63. The number of rotatable bonds is 6. The molecule has 162 valence electrons. The van der Waals surface area contributed by atoms with E-state index in [0.717, 1.165) is 29.8 Å². The molecule has 2 heterocycles. The van der Waals surface area contributed by atoms with Crippen LogP contribution in [-0.2, 0) is 11.2 Å². The van der Waals surface area contributed by atoms with Crippen molar-refractivity contribution in [3.05, 3.63) is 76.0 Å². The van der Waals surface area contributed by atoms with E-state index in [4.69, 9.17) is 27.9 Å². The van der Waals surface area contributed by atoms with Crippen LogP contribution < -0.4 is 0 Å². The lowest BCUT2D eigenvalue weighted by molar-refractivity contribution is 0.0775. The van der Waals surface area contributed by atoms with E-state index in [1.54, 1.807) is 11.0 Å². The van der Waals surface area contributed by atoms with Gasteiger partial charge in [0.25, 0.3) is 0 Å². The van der Waals surface area contributed by atoms with E-state index in [2.05, 4.69) is 27.5 Å². The quantitative estimate of drug-likeness (QED) is 0.535. The zero-order valence-corrected chi connectivity index (χ0v) is 18.4. The Hall–Kier alpha value is -2.64. The standard InChI is InChI=1S/C22H23Cl2N5O2/c23-18-7-5-16(6-8-18)13-17-9-11-28(12-10-17)22(30)31-14-21(29-26-15-25-27-29)19-3-1-2-4-20(19)24/h1-8,15,17,21H,9-14H2. The zero-order valence-electron chi connectivity index (χ0n) is 16.9. The number of nitrogens with zero attached hydrogens (tertiary/aromatic N) is 5. The van der Waals surface area contributed by atoms with Gasteiger partial charge in [0.15, 0.2) is 6.33 Å². The molecule has 1 aliphatic rings. The fourth-order valence-corrected chi connectivity index (χ4v) is 4.25. The van der Waals surface area contributed by atoms with Crippen LogP contribution in [-0.4, -0.2) is 50.9 Å². The number of piperidine rings is 1. The van der Waals surface area contributed by atoms with Gasteiger partial charge in [-0.25, -0.2) is 4.79 Å². The van der Waals surface area contributed by atoms with Crippen molar-refractivity contribution in [3.63, 3.8) is 0 Å². The van der Waals surface area contributed by atoms with Crippen LogP contribution in [0.5, 0.6) is 0 Å². The van der Waals surface area contributed by atoms with Crippen molar-refractivity contribution in [2.75, 3.05) is 19.7 Å². The molecule has 0 N–H and O–H groups in total. The summed E-state index contributed by atoms with van der Waals surface area (Å²) < 4.78 is 5.63. The first-order valence-electron chi connectivity index (χ1n) is 10.2. The van der Waals surface area contributed by atoms with E-state index in [1.165, 1.54) is 16.7 Å². The van der Waals surface area contributed by atoms with Crippen molar-refractivity contribution < 1.29 is 9.53 Å². The number of carbonyl (C=O) groups excluding carboxylic acids is 1. The van der Waals surface area contributed by atoms with Crippen molar-refractivity contribution in [1.82, 2.24) is 25.1 Å². The monoisotopic (exact) mass is 459 g/mol. The number of ether oxygens (including phenoxy) is 1. The van der Waals surface area contributed by atoms with Gasteiger partial charge in [-0.1, -0.05) is 53.5 Å². The van der Waals surface area contributed by atoms with Gasteiger partial charge in [0, 0.05) is 28.7 Å². The molecule has 31 heavy (non-hydrogen) atoms. The fraction of sp³-hybridized carbons (Fsp3) is 0.364. The molecule has 1 atom stereocenters. The molecule has 3 aromatic rings. The van der Waals surface area contributed by atoms with E-state index in [-0.39, 0.29) is 12.7 Å². The highest BCUT2D eigenvalue weighted by Gasteiger charge is 2.26. The minimum Gasteiger partial charge on any atom is -0.447 e. The highest BCUT2D eigenvalue weighted by atomic mass is 35.5. The minimum absolute atomic E-state index is 0.0730. The van der Waals surface area contributed by atoms with Gasteiger partial charge in [0.1, 0.15) is 12.6 Å².